The topological polar surface area (TPSA) is 48.0 Å². The Hall–Kier alpha value is -0.650. The van der Waals surface area contributed by atoms with Crippen molar-refractivity contribution in [2.24, 2.45) is 0 Å². The molecule has 0 bridgehead atoms. The highest BCUT2D eigenvalue weighted by molar-refractivity contribution is 5.68. The van der Waals surface area contributed by atoms with Crippen molar-refractivity contribution in [3.05, 3.63) is 0 Å². The van der Waals surface area contributed by atoms with Crippen LogP contribution in [0.4, 0.5) is 0 Å². The first-order chi connectivity index (χ1) is 6.83. The van der Waals surface area contributed by atoms with Crippen LogP contribution < -0.4 is 0 Å². The van der Waals surface area contributed by atoms with Crippen molar-refractivity contribution in [1.29, 1.82) is 0 Å². The third-order valence-electron chi connectivity index (χ3n) is 1.93. The molecule has 0 aromatic carbocycles. The summed E-state index contributed by atoms with van der Waals surface area (Å²) in [5.74, 6) is -0.191. The molecule has 0 aromatic heterocycles. The van der Waals surface area contributed by atoms with E-state index in [0.717, 1.165) is 0 Å². The van der Waals surface area contributed by atoms with Crippen molar-refractivity contribution >= 4 is 5.97 Å². The third-order valence-corrected chi connectivity index (χ3v) is 1.93. The molecule has 0 radical (unpaired) electrons. The summed E-state index contributed by atoms with van der Waals surface area (Å²) in [4.78, 5) is 16.3. The van der Waals surface area contributed by atoms with Crippen LogP contribution in [0.1, 0.15) is 12.8 Å². The highest BCUT2D eigenvalue weighted by atomic mass is 16.7. The summed E-state index contributed by atoms with van der Waals surface area (Å²) in [6.07, 6.45) is 1.12. The van der Waals surface area contributed by atoms with Crippen LogP contribution in [0.2, 0.25) is 0 Å². The minimum Gasteiger partial charge on any atom is -0.385 e. The molecule has 1 rings (SSSR count). The van der Waals surface area contributed by atoms with Gasteiger partial charge in [-0.1, -0.05) is 0 Å². The van der Waals surface area contributed by atoms with Crippen molar-refractivity contribution < 1.29 is 19.1 Å². The molecule has 0 atom stereocenters. The Kier molecular flexibility index (Phi) is 5.51. The molecule has 82 valence electrons. The number of methoxy groups -OCH3 is 1. The van der Waals surface area contributed by atoms with Gasteiger partial charge in [-0.15, -0.1) is 5.06 Å². The lowest BCUT2D eigenvalue weighted by Gasteiger charge is -2.24. The molecule has 5 heteroatoms. The zero-order valence-electron chi connectivity index (χ0n) is 8.53. The molecule has 1 aliphatic heterocycles. The zero-order valence-corrected chi connectivity index (χ0v) is 8.53. The van der Waals surface area contributed by atoms with E-state index < -0.39 is 0 Å². The second-order valence-corrected chi connectivity index (χ2v) is 3.10. The minimum absolute atomic E-state index is 0.191. The first kappa shape index (κ1) is 11.4. The van der Waals surface area contributed by atoms with E-state index in [2.05, 4.69) is 0 Å². The van der Waals surface area contributed by atoms with E-state index >= 15 is 0 Å². The van der Waals surface area contributed by atoms with Crippen molar-refractivity contribution in [2.75, 3.05) is 40.0 Å². The molecule has 1 heterocycles. The predicted octanol–water partition coefficient (Wildman–Crippen LogP) is 0.203. The van der Waals surface area contributed by atoms with Gasteiger partial charge in [-0.3, -0.25) is 4.79 Å². The maximum atomic E-state index is 11.2. The Morgan fingerprint density at radius 3 is 2.79 bits per heavy atom. The summed E-state index contributed by atoms with van der Waals surface area (Å²) in [5, 5.41) is 1.65. The number of hydrogen-bond acceptors (Lipinski definition) is 5. The SMILES string of the molecule is COCCCC(=O)ON1CCOCC1. The molecule has 1 saturated heterocycles. The zero-order chi connectivity index (χ0) is 10.2. The van der Waals surface area contributed by atoms with Gasteiger partial charge in [-0.25, -0.2) is 0 Å². The number of hydroxylamine groups is 2. The highest BCUT2D eigenvalue weighted by Gasteiger charge is 2.14. The van der Waals surface area contributed by atoms with Crippen LogP contribution >= 0.6 is 0 Å². The van der Waals surface area contributed by atoms with Gasteiger partial charge in [0.1, 0.15) is 0 Å². The Balaban J connectivity index is 2.06. The molecule has 0 amide bonds. The second-order valence-electron chi connectivity index (χ2n) is 3.10. The van der Waals surface area contributed by atoms with Crippen LogP contribution in [0.15, 0.2) is 0 Å². The lowest BCUT2D eigenvalue weighted by molar-refractivity contribution is -0.205. The predicted molar refractivity (Wildman–Crippen MR) is 49.6 cm³/mol. The normalized spacial score (nSPS) is 18.1. The maximum absolute atomic E-state index is 11.2. The summed E-state index contributed by atoms with van der Waals surface area (Å²) in [7, 11) is 1.62. The number of ether oxygens (including phenoxy) is 2. The Labute approximate surface area is 83.9 Å². The molecule has 5 nitrogen and oxygen atoms in total. The van der Waals surface area contributed by atoms with Crippen LogP contribution in [0.5, 0.6) is 0 Å². The standard InChI is InChI=1S/C9H17NO4/c1-12-6-2-3-9(11)14-10-4-7-13-8-5-10/h2-8H2,1H3. The van der Waals surface area contributed by atoms with E-state index in [1.807, 2.05) is 0 Å². The number of carbonyl (C=O) groups is 1. The van der Waals surface area contributed by atoms with Crippen LogP contribution in [0, 0.1) is 0 Å². The van der Waals surface area contributed by atoms with E-state index in [-0.39, 0.29) is 5.97 Å². The van der Waals surface area contributed by atoms with Gasteiger partial charge in [0.05, 0.1) is 26.3 Å². The molecule has 0 N–H and O–H groups in total. The molecule has 1 aliphatic rings. The molecule has 0 saturated carbocycles. The Bertz CT molecular complexity index is 168. The Morgan fingerprint density at radius 2 is 2.14 bits per heavy atom. The molecule has 1 fully saturated rings. The highest BCUT2D eigenvalue weighted by Crippen LogP contribution is 2.01. The molecule has 14 heavy (non-hydrogen) atoms. The fraction of sp³-hybridized carbons (Fsp3) is 0.889. The van der Waals surface area contributed by atoms with Gasteiger partial charge >= 0.3 is 5.97 Å². The van der Waals surface area contributed by atoms with Gasteiger partial charge in [0.15, 0.2) is 0 Å². The van der Waals surface area contributed by atoms with E-state index in [1.165, 1.54) is 0 Å². The van der Waals surface area contributed by atoms with Gasteiger partial charge in [0, 0.05) is 20.1 Å². The fourth-order valence-electron chi connectivity index (χ4n) is 1.19. The molecule has 0 spiro atoms. The van der Waals surface area contributed by atoms with Crippen molar-refractivity contribution in [3.63, 3.8) is 0 Å². The maximum Gasteiger partial charge on any atom is 0.325 e. The van der Waals surface area contributed by atoms with Gasteiger partial charge in [-0.2, -0.15) is 0 Å². The first-order valence-electron chi connectivity index (χ1n) is 4.85. The summed E-state index contributed by atoms with van der Waals surface area (Å²) in [6.45, 7) is 3.18. The van der Waals surface area contributed by atoms with Crippen LogP contribution in [-0.2, 0) is 19.1 Å². The number of carbonyl (C=O) groups excluding carboxylic acids is 1. The van der Waals surface area contributed by atoms with Crippen LogP contribution in [0.25, 0.3) is 0 Å². The van der Waals surface area contributed by atoms with Gasteiger partial charge < -0.3 is 14.3 Å². The number of nitrogens with zero attached hydrogens (tertiary/aromatic N) is 1. The van der Waals surface area contributed by atoms with Crippen LogP contribution in [0.3, 0.4) is 0 Å². The van der Waals surface area contributed by atoms with Crippen LogP contribution in [-0.4, -0.2) is 51.1 Å². The molecule has 0 unspecified atom stereocenters. The second kappa shape index (κ2) is 6.75. The summed E-state index contributed by atoms with van der Waals surface area (Å²) in [5.41, 5.74) is 0. The molecular weight excluding hydrogens is 186 g/mol. The quantitative estimate of drug-likeness (QED) is 0.597. The molecular formula is C9H17NO4. The van der Waals surface area contributed by atoms with Gasteiger partial charge in [0.25, 0.3) is 0 Å². The first-order valence-corrected chi connectivity index (χ1v) is 4.85. The van der Waals surface area contributed by atoms with Gasteiger partial charge in [0.2, 0.25) is 0 Å². The van der Waals surface area contributed by atoms with Crippen molar-refractivity contribution in [3.8, 4) is 0 Å². The average molecular weight is 203 g/mol. The van der Waals surface area contributed by atoms with Crippen molar-refractivity contribution in [1.82, 2.24) is 5.06 Å². The monoisotopic (exact) mass is 203 g/mol. The van der Waals surface area contributed by atoms with E-state index in [4.69, 9.17) is 14.3 Å². The lowest BCUT2D eigenvalue weighted by atomic mass is 10.3. The third kappa shape index (κ3) is 4.55. The smallest absolute Gasteiger partial charge is 0.325 e. The minimum atomic E-state index is -0.191. The molecule has 0 aromatic rings. The van der Waals surface area contributed by atoms with E-state index in [0.29, 0.717) is 45.8 Å². The number of morpholine rings is 1. The largest absolute Gasteiger partial charge is 0.385 e. The number of rotatable bonds is 5. The summed E-state index contributed by atoms with van der Waals surface area (Å²) >= 11 is 0. The van der Waals surface area contributed by atoms with Gasteiger partial charge in [-0.05, 0) is 6.42 Å². The summed E-state index contributed by atoms with van der Waals surface area (Å²) in [6, 6.07) is 0. The van der Waals surface area contributed by atoms with E-state index in [9.17, 15) is 4.79 Å². The van der Waals surface area contributed by atoms with E-state index in [1.54, 1.807) is 12.2 Å². The number of hydrogen-bond donors (Lipinski definition) is 0. The fourth-order valence-corrected chi connectivity index (χ4v) is 1.19. The Morgan fingerprint density at radius 1 is 1.43 bits per heavy atom. The summed E-state index contributed by atoms with van der Waals surface area (Å²) < 4.78 is 9.97. The van der Waals surface area contributed by atoms with Crippen molar-refractivity contribution in [2.45, 2.75) is 12.8 Å². The average Bonchev–Trinajstić information content (AvgIpc) is 2.20. The lowest BCUT2D eigenvalue weighted by Crippen LogP contribution is -2.37. The molecule has 0 aliphatic carbocycles.